The number of imidazole rings is 1. The molecular weight excluding hydrogens is 233 g/mol. The van der Waals surface area contributed by atoms with Crippen molar-refractivity contribution in [3.8, 4) is 11.3 Å². The number of nitrogens with one attached hydrogen (secondary N) is 1. The van der Waals surface area contributed by atoms with E-state index in [-0.39, 0.29) is 6.61 Å². The van der Waals surface area contributed by atoms with E-state index in [4.69, 9.17) is 5.11 Å². The molecule has 3 nitrogen and oxygen atoms in total. The maximum absolute atomic E-state index is 12.5. The predicted octanol–water partition coefficient (Wildman–Crippen LogP) is 2.59. The molecule has 0 aliphatic carbocycles. The molecule has 17 heavy (non-hydrogen) atoms. The maximum Gasteiger partial charge on any atom is 0.416 e. The maximum atomic E-state index is 12.5. The fourth-order valence-corrected chi connectivity index (χ4v) is 1.45. The summed E-state index contributed by atoms with van der Waals surface area (Å²) in [7, 11) is 0. The van der Waals surface area contributed by atoms with Crippen LogP contribution >= 0.6 is 0 Å². The minimum Gasteiger partial charge on any atom is -0.388 e. The highest BCUT2D eigenvalue weighted by atomic mass is 19.4. The summed E-state index contributed by atoms with van der Waals surface area (Å²) >= 11 is 0. The Morgan fingerprint density at radius 1 is 1.29 bits per heavy atom. The summed E-state index contributed by atoms with van der Waals surface area (Å²) in [6.45, 7) is -0.279. The molecule has 2 aromatic rings. The Hall–Kier alpha value is -1.82. The largest absolute Gasteiger partial charge is 0.416 e. The van der Waals surface area contributed by atoms with Gasteiger partial charge in [-0.15, -0.1) is 0 Å². The third kappa shape index (κ3) is 2.47. The first-order valence-electron chi connectivity index (χ1n) is 4.83. The minimum absolute atomic E-state index is 0.279. The molecule has 0 saturated carbocycles. The van der Waals surface area contributed by atoms with Crippen molar-refractivity contribution in [1.29, 1.82) is 0 Å². The van der Waals surface area contributed by atoms with Crippen LogP contribution in [0.2, 0.25) is 0 Å². The van der Waals surface area contributed by atoms with Crippen LogP contribution in [-0.4, -0.2) is 15.1 Å². The molecular formula is C11H9F3N2O. The summed E-state index contributed by atoms with van der Waals surface area (Å²) in [5.41, 5.74) is 0.113. The minimum atomic E-state index is -4.37. The van der Waals surface area contributed by atoms with Crippen LogP contribution in [-0.2, 0) is 12.8 Å². The molecule has 1 aromatic heterocycles. The predicted molar refractivity (Wildman–Crippen MR) is 54.9 cm³/mol. The number of hydrogen-bond acceptors (Lipinski definition) is 2. The lowest BCUT2D eigenvalue weighted by Gasteiger charge is -2.07. The first-order valence-corrected chi connectivity index (χ1v) is 4.83. The van der Waals surface area contributed by atoms with Crippen LogP contribution in [0.4, 0.5) is 13.2 Å². The number of aliphatic hydroxyl groups is 1. The van der Waals surface area contributed by atoms with E-state index >= 15 is 0 Å². The molecule has 0 aliphatic rings. The second-order valence-corrected chi connectivity index (χ2v) is 3.48. The molecule has 2 N–H and O–H groups in total. The average Bonchev–Trinajstić information content (AvgIpc) is 2.76. The van der Waals surface area contributed by atoms with Crippen LogP contribution < -0.4 is 0 Å². The Balaban J connectivity index is 2.39. The van der Waals surface area contributed by atoms with E-state index in [0.717, 1.165) is 12.1 Å². The monoisotopic (exact) mass is 242 g/mol. The van der Waals surface area contributed by atoms with Crippen molar-refractivity contribution in [3.05, 3.63) is 41.9 Å². The highest BCUT2D eigenvalue weighted by molar-refractivity contribution is 5.59. The highest BCUT2D eigenvalue weighted by Gasteiger charge is 2.30. The van der Waals surface area contributed by atoms with Crippen LogP contribution in [0.5, 0.6) is 0 Å². The number of aromatic nitrogens is 2. The average molecular weight is 242 g/mol. The normalized spacial score (nSPS) is 11.8. The molecule has 0 unspecified atom stereocenters. The van der Waals surface area contributed by atoms with Crippen molar-refractivity contribution in [2.24, 2.45) is 0 Å². The molecule has 0 bridgehead atoms. The van der Waals surface area contributed by atoms with Crippen LogP contribution in [0, 0.1) is 0 Å². The summed E-state index contributed by atoms with van der Waals surface area (Å²) in [5.74, 6) is 0.317. The number of halogens is 3. The van der Waals surface area contributed by atoms with Gasteiger partial charge in [-0.1, -0.05) is 12.1 Å². The topological polar surface area (TPSA) is 48.9 Å². The second-order valence-electron chi connectivity index (χ2n) is 3.48. The molecule has 0 radical (unpaired) electrons. The van der Waals surface area contributed by atoms with E-state index < -0.39 is 11.7 Å². The Labute approximate surface area is 94.9 Å². The van der Waals surface area contributed by atoms with Gasteiger partial charge in [0.25, 0.3) is 0 Å². The molecule has 0 spiro atoms. The highest BCUT2D eigenvalue weighted by Crippen LogP contribution is 2.31. The third-order valence-electron chi connectivity index (χ3n) is 2.28. The van der Waals surface area contributed by atoms with E-state index in [1.54, 1.807) is 6.07 Å². The van der Waals surface area contributed by atoms with Crippen molar-refractivity contribution < 1.29 is 18.3 Å². The number of aliphatic hydroxyl groups excluding tert-OH is 1. The van der Waals surface area contributed by atoms with Gasteiger partial charge in [0.05, 0.1) is 17.5 Å². The quantitative estimate of drug-likeness (QED) is 0.850. The van der Waals surface area contributed by atoms with Crippen molar-refractivity contribution in [2.45, 2.75) is 12.8 Å². The van der Waals surface area contributed by atoms with Gasteiger partial charge in [-0.3, -0.25) is 0 Å². The fourth-order valence-electron chi connectivity index (χ4n) is 1.45. The van der Waals surface area contributed by atoms with Gasteiger partial charge in [-0.25, -0.2) is 4.98 Å². The lowest BCUT2D eigenvalue weighted by molar-refractivity contribution is -0.137. The molecule has 0 aliphatic heterocycles. The van der Waals surface area contributed by atoms with Crippen molar-refractivity contribution in [1.82, 2.24) is 9.97 Å². The van der Waals surface area contributed by atoms with E-state index in [1.165, 1.54) is 12.3 Å². The number of nitrogens with zero attached hydrogens (tertiary/aromatic N) is 1. The first-order chi connectivity index (χ1) is 8.00. The number of alkyl halides is 3. The Kier molecular flexibility index (Phi) is 2.89. The van der Waals surface area contributed by atoms with Crippen LogP contribution in [0.15, 0.2) is 30.5 Å². The molecule has 1 aromatic carbocycles. The van der Waals surface area contributed by atoms with Gasteiger partial charge in [0, 0.05) is 5.56 Å². The zero-order valence-corrected chi connectivity index (χ0v) is 8.62. The number of H-pyrrole nitrogens is 1. The summed E-state index contributed by atoms with van der Waals surface area (Å²) in [4.78, 5) is 6.55. The van der Waals surface area contributed by atoms with Gasteiger partial charge in [-0.05, 0) is 12.1 Å². The summed E-state index contributed by atoms with van der Waals surface area (Å²) in [6, 6.07) is 4.92. The van der Waals surface area contributed by atoms with E-state index in [2.05, 4.69) is 9.97 Å². The van der Waals surface area contributed by atoms with Gasteiger partial charge in [-0.2, -0.15) is 13.2 Å². The zero-order valence-electron chi connectivity index (χ0n) is 8.62. The van der Waals surface area contributed by atoms with Gasteiger partial charge in [0.2, 0.25) is 0 Å². The summed E-state index contributed by atoms with van der Waals surface area (Å²) in [6.07, 6.45) is -2.98. The molecule has 2 rings (SSSR count). The summed E-state index contributed by atoms with van der Waals surface area (Å²) in [5, 5.41) is 8.81. The molecule has 1 heterocycles. The molecule has 0 fully saturated rings. The fraction of sp³-hybridized carbons (Fsp3) is 0.182. The Morgan fingerprint density at radius 2 is 2.06 bits per heavy atom. The smallest absolute Gasteiger partial charge is 0.388 e. The number of aromatic amines is 1. The van der Waals surface area contributed by atoms with Crippen molar-refractivity contribution in [2.75, 3.05) is 0 Å². The van der Waals surface area contributed by atoms with Crippen LogP contribution in [0.25, 0.3) is 11.3 Å². The number of hydrogen-bond donors (Lipinski definition) is 2. The first kappa shape index (κ1) is 11.7. The SMILES string of the molecule is OCc1ncc(-c2cccc(C(F)(F)F)c2)[nH]1. The third-order valence-corrected chi connectivity index (χ3v) is 2.28. The second kappa shape index (κ2) is 4.21. The van der Waals surface area contributed by atoms with Crippen LogP contribution in [0.3, 0.4) is 0 Å². The molecule has 90 valence electrons. The van der Waals surface area contributed by atoms with Gasteiger partial charge < -0.3 is 10.1 Å². The summed E-state index contributed by atoms with van der Waals surface area (Å²) < 4.78 is 37.5. The molecule has 0 amide bonds. The van der Waals surface area contributed by atoms with E-state index in [9.17, 15) is 13.2 Å². The van der Waals surface area contributed by atoms with Crippen LogP contribution in [0.1, 0.15) is 11.4 Å². The molecule has 0 saturated heterocycles. The van der Waals surface area contributed by atoms with E-state index in [0.29, 0.717) is 17.1 Å². The molecule has 0 atom stereocenters. The lowest BCUT2D eigenvalue weighted by atomic mass is 10.1. The Morgan fingerprint density at radius 3 is 2.65 bits per heavy atom. The molecule has 6 heteroatoms. The van der Waals surface area contributed by atoms with Gasteiger partial charge in [0.1, 0.15) is 12.4 Å². The van der Waals surface area contributed by atoms with Gasteiger partial charge >= 0.3 is 6.18 Å². The van der Waals surface area contributed by atoms with Crippen molar-refractivity contribution >= 4 is 0 Å². The number of benzene rings is 1. The zero-order chi connectivity index (χ0) is 12.5. The van der Waals surface area contributed by atoms with Crippen molar-refractivity contribution in [3.63, 3.8) is 0 Å². The Bertz CT molecular complexity index is 519. The van der Waals surface area contributed by atoms with Gasteiger partial charge in [0.15, 0.2) is 0 Å². The lowest BCUT2D eigenvalue weighted by Crippen LogP contribution is -2.04. The van der Waals surface area contributed by atoms with E-state index in [1.807, 2.05) is 0 Å². The standard InChI is InChI=1S/C11H9F3N2O/c12-11(13,14)8-3-1-2-7(4-8)9-5-15-10(6-17)16-9/h1-5,17H,6H2,(H,15,16). The number of rotatable bonds is 2.